The molecule has 0 heterocycles. The molecule has 0 spiro atoms. The summed E-state index contributed by atoms with van der Waals surface area (Å²) >= 11 is 0. The van der Waals surface area contributed by atoms with Gasteiger partial charge in [0.25, 0.3) is 0 Å². The van der Waals surface area contributed by atoms with Crippen LogP contribution >= 0.6 is 0 Å². The lowest BCUT2D eigenvalue weighted by atomic mass is 9.89. The molecule has 0 saturated heterocycles. The Morgan fingerprint density at radius 2 is 2.08 bits per heavy atom. The van der Waals surface area contributed by atoms with Gasteiger partial charge in [-0.05, 0) is 6.42 Å². The average molecular weight is 192 g/mol. The Morgan fingerprint density at radius 3 is 2.33 bits per heavy atom. The van der Waals surface area contributed by atoms with Crippen LogP contribution in [0.15, 0.2) is 12.7 Å². The third-order valence-electron chi connectivity index (χ3n) is 1.90. The molecule has 0 aromatic rings. The highest BCUT2D eigenvalue weighted by molar-refractivity contribution is 7.90. The first-order valence-electron chi connectivity index (χ1n) is 3.75. The van der Waals surface area contributed by atoms with Crippen molar-refractivity contribution in [3.8, 4) is 0 Å². The quantitative estimate of drug-likeness (QED) is 0.649. The van der Waals surface area contributed by atoms with E-state index in [1.807, 2.05) is 0 Å². The topological polar surface area (TPSA) is 54.4 Å². The molecule has 1 N–H and O–H groups in total. The molecule has 4 heteroatoms. The summed E-state index contributed by atoms with van der Waals surface area (Å²) in [4.78, 5) is 0. The van der Waals surface area contributed by atoms with Crippen molar-refractivity contribution in [1.29, 1.82) is 0 Å². The van der Waals surface area contributed by atoms with E-state index in [1.54, 1.807) is 13.0 Å². The minimum absolute atomic E-state index is 0.0635. The Balaban J connectivity index is 4.16. The van der Waals surface area contributed by atoms with Crippen LogP contribution in [0.2, 0.25) is 0 Å². The number of sulfone groups is 1. The van der Waals surface area contributed by atoms with E-state index in [0.29, 0.717) is 6.42 Å². The number of hydrogen-bond acceptors (Lipinski definition) is 3. The van der Waals surface area contributed by atoms with Crippen LogP contribution in [-0.4, -0.2) is 32.1 Å². The van der Waals surface area contributed by atoms with Crippen LogP contribution in [0.25, 0.3) is 0 Å². The third kappa shape index (κ3) is 4.51. The van der Waals surface area contributed by atoms with Gasteiger partial charge < -0.3 is 5.11 Å². The predicted octanol–water partition coefficient (Wildman–Crippen LogP) is 0.606. The van der Waals surface area contributed by atoms with Crippen molar-refractivity contribution in [3.05, 3.63) is 12.7 Å². The maximum atomic E-state index is 10.8. The van der Waals surface area contributed by atoms with Crippen molar-refractivity contribution in [2.75, 3.05) is 18.6 Å². The summed E-state index contributed by atoms with van der Waals surface area (Å²) in [5, 5.41) is 8.92. The number of hydrogen-bond donors (Lipinski definition) is 1. The molecule has 1 unspecified atom stereocenters. The largest absolute Gasteiger partial charge is 0.395 e. The number of aliphatic hydroxyl groups is 1. The standard InChI is InChI=1S/C8H16O3S/c1-4-8(2,7-9)5-6-12(3,10)11/h4,9H,1,5-7H2,2-3H3. The highest BCUT2D eigenvalue weighted by Gasteiger charge is 2.20. The van der Waals surface area contributed by atoms with E-state index in [2.05, 4.69) is 6.58 Å². The lowest BCUT2D eigenvalue weighted by molar-refractivity contribution is 0.181. The summed E-state index contributed by atoms with van der Waals surface area (Å²) in [6.07, 6.45) is 3.21. The molecule has 0 fully saturated rings. The minimum atomic E-state index is -2.94. The fourth-order valence-corrected chi connectivity index (χ4v) is 1.50. The van der Waals surface area contributed by atoms with E-state index < -0.39 is 15.3 Å². The van der Waals surface area contributed by atoms with Gasteiger partial charge in [-0.3, -0.25) is 0 Å². The van der Waals surface area contributed by atoms with E-state index in [0.717, 1.165) is 0 Å². The van der Waals surface area contributed by atoms with Crippen molar-refractivity contribution in [3.63, 3.8) is 0 Å². The molecule has 0 aliphatic rings. The second-order valence-electron chi connectivity index (χ2n) is 3.40. The van der Waals surface area contributed by atoms with Gasteiger partial charge >= 0.3 is 0 Å². The second kappa shape index (κ2) is 4.05. The van der Waals surface area contributed by atoms with Crippen LogP contribution in [0.4, 0.5) is 0 Å². The van der Waals surface area contributed by atoms with Crippen LogP contribution in [-0.2, 0) is 9.84 Å². The summed E-state index contributed by atoms with van der Waals surface area (Å²) < 4.78 is 21.6. The van der Waals surface area contributed by atoms with Crippen LogP contribution in [0, 0.1) is 5.41 Å². The molecule has 0 radical (unpaired) electrons. The fraction of sp³-hybridized carbons (Fsp3) is 0.750. The Labute approximate surface area is 74.0 Å². The van der Waals surface area contributed by atoms with Gasteiger partial charge in [-0.15, -0.1) is 6.58 Å². The van der Waals surface area contributed by atoms with Crippen LogP contribution < -0.4 is 0 Å². The van der Waals surface area contributed by atoms with Crippen molar-refractivity contribution in [1.82, 2.24) is 0 Å². The average Bonchev–Trinajstić information content (AvgIpc) is 1.99. The van der Waals surface area contributed by atoms with Crippen molar-refractivity contribution in [2.45, 2.75) is 13.3 Å². The Hall–Kier alpha value is -0.350. The zero-order valence-corrected chi connectivity index (χ0v) is 8.39. The van der Waals surface area contributed by atoms with E-state index in [1.165, 1.54) is 6.26 Å². The van der Waals surface area contributed by atoms with Gasteiger partial charge in [-0.25, -0.2) is 8.42 Å². The molecular formula is C8H16O3S. The zero-order chi connectivity index (χ0) is 9.83. The summed E-state index contributed by atoms with van der Waals surface area (Å²) in [6.45, 7) is 5.27. The maximum absolute atomic E-state index is 10.8. The van der Waals surface area contributed by atoms with E-state index >= 15 is 0 Å². The third-order valence-corrected chi connectivity index (χ3v) is 2.84. The highest BCUT2D eigenvalue weighted by atomic mass is 32.2. The molecule has 0 aliphatic carbocycles. The van der Waals surface area contributed by atoms with Gasteiger partial charge in [0, 0.05) is 11.7 Å². The molecule has 0 bridgehead atoms. The highest BCUT2D eigenvalue weighted by Crippen LogP contribution is 2.21. The molecule has 0 aliphatic heterocycles. The molecule has 0 saturated carbocycles. The minimum Gasteiger partial charge on any atom is -0.395 e. The van der Waals surface area contributed by atoms with Crippen molar-refractivity contribution in [2.24, 2.45) is 5.41 Å². The molecule has 0 rings (SSSR count). The van der Waals surface area contributed by atoms with Crippen molar-refractivity contribution >= 4 is 9.84 Å². The van der Waals surface area contributed by atoms with Gasteiger partial charge in [0.15, 0.2) is 0 Å². The van der Waals surface area contributed by atoms with Gasteiger partial charge in [0.2, 0.25) is 0 Å². The first kappa shape index (κ1) is 11.6. The zero-order valence-electron chi connectivity index (χ0n) is 7.58. The Bertz CT molecular complexity index is 243. The lowest BCUT2D eigenvalue weighted by Gasteiger charge is -2.21. The Kier molecular flexibility index (Phi) is 3.93. The predicted molar refractivity (Wildman–Crippen MR) is 49.7 cm³/mol. The van der Waals surface area contributed by atoms with Crippen LogP contribution in [0.1, 0.15) is 13.3 Å². The second-order valence-corrected chi connectivity index (χ2v) is 5.66. The summed E-state index contributed by atoms with van der Waals surface area (Å²) in [7, 11) is -2.94. The molecule has 0 aromatic carbocycles. The van der Waals surface area contributed by atoms with Gasteiger partial charge in [-0.2, -0.15) is 0 Å². The lowest BCUT2D eigenvalue weighted by Crippen LogP contribution is -2.22. The van der Waals surface area contributed by atoms with Gasteiger partial charge in [0.1, 0.15) is 9.84 Å². The SMILES string of the molecule is C=CC(C)(CO)CCS(C)(=O)=O. The van der Waals surface area contributed by atoms with E-state index in [-0.39, 0.29) is 12.4 Å². The van der Waals surface area contributed by atoms with Crippen LogP contribution in [0.3, 0.4) is 0 Å². The first-order chi connectivity index (χ1) is 5.33. The van der Waals surface area contributed by atoms with Crippen molar-refractivity contribution < 1.29 is 13.5 Å². The van der Waals surface area contributed by atoms with E-state index in [9.17, 15) is 8.42 Å². The first-order valence-corrected chi connectivity index (χ1v) is 5.81. The van der Waals surface area contributed by atoms with Gasteiger partial charge in [0.05, 0.1) is 12.4 Å². The number of aliphatic hydroxyl groups excluding tert-OH is 1. The normalized spacial score (nSPS) is 16.9. The summed E-state index contributed by atoms with van der Waals surface area (Å²) in [5.74, 6) is 0.0933. The smallest absolute Gasteiger partial charge is 0.147 e. The van der Waals surface area contributed by atoms with E-state index in [4.69, 9.17) is 5.11 Å². The maximum Gasteiger partial charge on any atom is 0.147 e. The Morgan fingerprint density at radius 1 is 1.58 bits per heavy atom. The molecule has 0 aromatic heterocycles. The summed E-state index contributed by atoms with van der Waals surface area (Å²) in [6, 6.07) is 0. The van der Waals surface area contributed by atoms with Gasteiger partial charge in [-0.1, -0.05) is 13.0 Å². The van der Waals surface area contributed by atoms with Crippen LogP contribution in [0.5, 0.6) is 0 Å². The molecule has 1 atom stereocenters. The molecular weight excluding hydrogens is 176 g/mol. The summed E-state index contributed by atoms with van der Waals surface area (Å²) in [5.41, 5.74) is -0.469. The molecule has 12 heavy (non-hydrogen) atoms. The number of rotatable bonds is 5. The fourth-order valence-electron chi connectivity index (χ4n) is 0.664. The molecule has 72 valence electrons. The molecule has 3 nitrogen and oxygen atoms in total. The molecule has 0 amide bonds. The monoisotopic (exact) mass is 192 g/mol.